The number of fused-ring (bicyclic) bond motifs is 1. The van der Waals surface area contributed by atoms with E-state index in [1.54, 1.807) is 0 Å². The molecule has 1 N–H and O–H groups in total. The third-order valence-corrected chi connectivity index (χ3v) is 4.74. The first-order chi connectivity index (χ1) is 8.29. The van der Waals surface area contributed by atoms with Gasteiger partial charge in [-0.25, -0.2) is 0 Å². The molecule has 5 unspecified atom stereocenters. The van der Waals surface area contributed by atoms with E-state index < -0.39 is 0 Å². The quantitative estimate of drug-likeness (QED) is 0.573. The molecule has 1 saturated heterocycles. The first-order valence-corrected chi connectivity index (χ1v) is 6.71. The number of methoxy groups -OCH3 is 1. The largest absolute Gasteiger partial charge is 0.469 e. The smallest absolute Gasteiger partial charge is 0.305 e. The molecule has 5 atom stereocenters. The summed E-state index contributed by atoms with van der Waals surface area (Å²) >= 11 is 0. The van der Waals surface area contributed by atoms with Crippen molar-refractivity contribution in [2.75, 3.05) is 20.3 Å². The highest BCUT2D eigenvalue weighted by Gasteiger charge is 2.56. The second-order valence-corrected chi connectivity index (χ2v) is 5.60. The lowest BCUT2D eigenvalue weighted by Crippen LogP contribution is -2.39. The molecule has 0 spiro atoms. The van der Waals surface area contributed by atoms with Crippen LogP contribution < -0.4 is 5.32 Å². The fourth-order valence-corrected chi connectivity index (χ4v) is 4.01. The molecule has 0 aromatic rings. The molecule has 1 heterocycles. The van der Waals surface area contributed by atoms with E-state index in [4.69, 9.17) is 4.74 Å². The van der Waals surface area contributed by atoms with Gasteiger partial charge in [0.1, 0.15) is 0 Å². The Balaban J connectivity index is 1.43. The van der Waals surface area contributed by atoms with E-state index >= 15 is 0 Å². The molecular formula is C13H21NO3. The lowest BCUT2D eigenvalue weighted by Gasteiger charge is -2.27. The molecule has 2 saturated carbocycles. The SMILES string of the molecule is COC(=O)CCCOC1C2CC3CNC1C3C2. The van der Waals surface area contributed by atoms with Gasteiger partial charge in [0.2, 0.25) is 0 Å². The van der Waals surface area contributed by atoms with Gasteiger partial charge in [-0.15, -0.1) is 0 Å². The van der Waals surface area contributed by atoms with Gasteiger partial charge in [-0.1, -0.05) is 0 Å². The van der Waals surface area contributed by atoms with Crippen LogP contribution >= 0.6 is 0 Å². The summed E-state index contributed by atoms with van der Waals surface area (Å²) in [5, 5.41) is 3.60. The normalized spacial score (nSPS) is 42.1. The fraction of sp³-hybridized carbons (Fsp3) is 0.923. The number of ether oxygens (including phenoxy) is 2. The molecule has 0 aromatic heterocycles. The Morgan fingerprint density at radius 1 is 1.35 bits per heavy atom. The molecule has 3 rings (SSSR count). The Bertz CT molecular complexity index is 305. The van der Waals surface area contributed by atoms with Crippen LogP contribution in [0.1, 0.15) is 25.7 Å². The molecule has 4 heteroatoms. The van der Waals surface area contributed by atoms with E-state index in [0.717, 1.165) is 24.2 Å². The number of hydrogen-bond acceptors (Lipinski definition) is 4. The number of esters is 1. The minimum absolute atomic E-state index is 0.138. The summed E-state index contributed by atoms with van der Waals surface area (Å²) in [6, 6.07) is 0.594. The second-order valence-electron chi connectivity index (χ2n) is 5.60. The summed E-state index contributed by atoms with van der Waals surface area (Å²) in [5.74, 6) is 2.41. The highest BCUT2D eigenvalue weighted by atomic mass is 16.5. The average molecular weight is 239 g/mol. The Kier molecular flexibility index (Phi) is 3.09. The molecule has 3 aliphatic rings. The summed E-state index contributed by atoms with van der Waals surface area (Å²) in [6.45, 7) is 1.87. The molecular weight excluding hydrogens is 218 g/mol. The Labute approximate surface area is 102 Å². The molecule has 0 radical (unpaired) electrons. The van der Waals surface area contributed by atoms with Crippen molar-refractivity contribution in [3.63, 3.8) is 0 Å². The van der Waals surface area contributed by atoms with Gasteiger partial charge in [0.05, 0.1) is 13.2 Å². The van der Waals surface area contributed by atoms with Gasteiger partial charge in [-0.2, -0.15) is 0 Å². The molecule has 0 amide bonds. The molecule has 96 valence electrons. The third-order valence-electron chi connectivity index (χ3n) is 4.74. The van der Waals surface area contributed by atoms with Crippen LogP contribution in [0.2, 0.25) is 0 Å². The van der Waals surface area contributed by atoms with Crippen molar-refractivity contribution in [3.8, 4) is 0 Å². The highest BCUT2D eigenvalue weighted by Crippen LogP contribution is 2.52. The summed E-state index contributed by atoms with van der Waals surface area (Å²) in [5.41, 5.74) is 0. The van der Waals surface area contributed by atoms with Crippen LogP contribution in [0.5, 0.6) is 0 Å². The first-order valence-electron chi connectivity index (χ1n) is 6.71. The van der Waals surface area contributed by atoms with Crippen molar-refractivity contribution >= 4 is 5.97 Å². The minimum Gasteiger partial charge on any atom is -0.469 e. The molecule has 0 aromatic carbocycles. The van der Waals surface area contributed by atoms with E-state index in [0.29, 0.717) is 25.2 Å². The zero-order chi connectivity index (χ0) is 11.8. The molecule has 2 aliphatic carbocycles. The average Bonchev–Trinajstić information content (AvgIpc) is 2.94. The van der Waals surface area contributed by atoms with E-state index in [9.17, 15) is 4.79 Å². The van der Waals surface area contributed by atoms with Crippen molar-refractivity contribution in [1.29, 1.82) is 0 Å². The van der Waals surface area contributed by atoms with Crippen LogP contribution in [0.25, 0.3) is 0 Å². The highest BCUT2D eigenvalue weighted by molar-refractivity contribution is 5.68. The molecule has 2 bridgehead atoms. The van der Waals surface area contributed by atoms with Crippen LogP contribution in [-0.4, -0.2) is 38.4 Å². The summed E-state index contributed by atoms with van der Waals surface area (Å²) in [4.78, 5) is 11.0. The maximum Gasteiger partial charge on any atom is 0.305 e. The Morgan fingerprint density at radius 3 is 3.06 bits per heavy atom. The number of hydrogen-bond donors (Lipinski definition) is 1. The zero-order valence-electron chi connectivity index (χ0n) is 10.4. The fourth-order valence-electron chi connectivity index (χ4n) is 4.01. The zero-order valence-corrected chi connectivity index (χ0v) is 10.4. The van der Waals surface area contributed by atoms with Gasteiger partial charge in [0.15, 0.2) is 0 Å². The maximum absolute atomic E-state index is 11.0. The van der Waals surface area contributed by atoms with Crippen molar-refractivity contribution in [1.82, 2.24) is 5.32 Å². The molecule has 4 nitrogen and oxygen atoms in total. The van der Waals surface area contributed by atoms with Gasteiger partial charge in [0, 0.05) is 19.1 Å². The third kappa shape index (κ3) is 1.97. The number of carbonyl (C=O) groups excluding carboxylic acids is 1. The van der Waals surface area contributed by atoms with Gasteiger partial charge in [0.25, 0.3) is 0 Å². The number of carbonyl (C=O) groups is 1. The van der Waals surface area contributed by atoms with Crippen molar-refractivity contribution in [2.45, 2.75) is 37.8 Å². The number of rotatable bonds is 5. The van der Waals surface area contributed by atoms with E-state index in [1.165, 1.54) is 26.5 Å². The first kappa shape index (κ1) is 11.5. The summed E-state index contributed by atoms with van der Waals surface area (Å²) in [6.07, 6.45) is 4.34. The van der Waals surface area contributed by atoms with Crippen molar-refractivity contribution in [3.05, 3.63) is 0 Å². The van der Waals surface area contributed by atoms with Crippen LogP contribution in [0.15, 0.2) is 0 Å². The Morgan fingerprint density at radius 2 is 2.24 bits per heavy atom. The Hall–Kier alpha value is -0.610. The monoisotopic (exact) mass is 239 g/mol. The van der Waals surface area contributed by atoms with Gasteiger partial charge in [-0.3, -0.25) is 4.79 Å². The summed E-state index contributed by atoms with van der Waals surface area (Å²) in [7, 11) is 1.43. The molecule has 17 heavy (non-hydrogen) atoms. The predicted octanol–water partition coefficient (Wildman–Crippen LogP) is 0.953. The summed E-state index contributed by atoms with van der Waals surface area (Å²) < 4.78 is 10.6. The van der Waals surface area contributed by atoms with E-state index in [-0.39, 0.29) is 5.97 Å². The lowest BCUT2D eigenvalue weighted by molar-refractivity contribution is -0.141. The van der Waals surface area contributed by atoms with Crippen LogP contribution in [0.3, 0.4) is 0 Å². The minimum atomic E-state index is -0.138. The maximum atomic E-state index is 11.0. The predicted molar refractivity (Wildman–Crippen MR) is 62.5 cm³/mol. The van der Waals surface area contributed by atoms with E-state index in [2.05, 4.69) is 10.1 Å². The van der Waals surface area contributed by atoms with Crippen LogP contribution in [-0.2, 0) is 14.3 Å². The molecule has 1 aliphatic heterocycles. The topological polar surface area (TPSA) is 47.6 Å². The van der Waals surface area contributed by atoms with Crippen molar-refractivity contribution in [2.24, 2.45) is 17.8 Å². The lowest BCUT2D eigenvalue weighted by atomic mass is 9.88. The van der Waals surface area contributed by atoms with Crippen LogP contribution in [0, 0.1) is 17.8 Å². The molecule has 3 fully saturated rings. The number of nitrogens with one attached hydrogen (secondary N) is 1. The van der Waals surface area contributed by atoms with Gasteiger partial charge < -0.3 is 14.8 Å². The standard InChI is InChI=1S/C13H21NO3/c1-16-11(15)3-2-4-17-13-8-5-9-7-14-12(13)10(9)6-8/h8-10,12-14H,2-7H2,1H3. The van der Waals surface area contributed by atoms with Crippen molar-refractivity contribution < 1.29 is 14.3 Å². The van der Waals surface area contributed by atoms with Gasteiger partial charge >= 0.3 is 5.97 Å². The van der Waals surface area contributed by atoms with Gasteiger partial charge in [-0.05, 0) is 43.6 Å². The van der Waals surface area contributed by atoms with Crippen LogP contribution in [0.4, 0.5) is 0 Å². The van der Waals surface area contributed by atoms with E-state index in [1.807, 2.05) is 0 Å². The second kappa shape index (κ2) is 4.58.